The minimum Gasteiger partial charge on any atom is -0.379 e. The number of morpholine rings is 1. The Morgan fingerprint density at radius 3 is 2.60 bits per heavy atom. The Bertz CT molecular complexity index is 660. The number of carbonyl (C=O) groups excluding carboxylic acids is 1. The molecule has 2 aromatic heterocycles. The van der Waals surface area contributed by atoms with Crippen molar-refractivity contribution in [1.82, 2.24) is 19.8 Å². The minimum absolute atomic E-state index is 0.106. The first kappa shape index (κ1) is 17.5. The van der Waals surface area contributed by atoms with Crippen LogP contribution in [0.1, 0.15) is 24.1 Å². The van der Waals surface area contributed by atoms with Crippen LogP contribution >= 0.6 is 0 Å². The van der Waals surface area contributed by atoms with Gasteiger partial charge in [-0.3, -0.25) is 19.7 Å². The van der Waals surface area contributed by atoms with Gasteiger partial charge in [-0.05, 0) is 36.2 Å². The number of likely N-dealkylation sites (N-methyl/N-ethyl adjacent to an activating group) is 1. The number of pyridine rings is 2. The maximum atomic E-state index is 13.4. The number of amides is 1. The SMILES string of the molecule is CCN(Cc1ccncc1)C(=O)[C@@H](c1cccnc1)N1CCOCC1. The average molecular weight is 340 g/mol. The summed E-state index contributed by atoms with van der Waals surface area (Å²) in [6.07, 6.45) is 7.04. The zero-order chi connectivity index (χ0) is 17.5. The van der Waals surface area contributed by atoms with Gasteiger partial charge in [0.25, 0.3) is 0 Å². The molecule has 0 aromatic carbocycles. The highest BCUT2D eigenvalue weighted by molar-refractivity contribution is 5.83. The van der Waals surface area contributed by atoms with Crippen LogP contribution in [-0.2, 0) is 16.1 Å². The number of carbonyl (C=O) groups is 1. The molecule has 1 aliphatic heterocycles. The molecule has 0 spiro atoms. The lowest BCUT2D eigenvalue weighted by atomic mass is 10.0. The van der Waals surface area contributed by atoms with E-state index in [1.807, 2.05) is 36.1 Å². The van der Waals surface area contributed by atoms with Gasteiger partial charge < -0.3 is 9.64 Å². The second-order valence-electron chi connectivity index (χ2n) is 6.05. The molecule has 25 heavy (non-hydrogen) atoms. The Morgan fingerprint density at radius 2 is 1.96 bits per heavy atom. The number of aromatic nitrogens is 2. The summed E-state index contributed by atoms with van der Waals surface area (Å²) in [4.78, 5) is 25.7. The number of hydrogen-bond donors (Lipinski definition) is 0. The van der Waals surface area contributed by atoms with Gasteiger partial charge in [0.15, 0.2) is 0 Å². The Morgan fingerprint density at radius 1 is 1.20 bits per heavy atom. The third-order valence-corrected chi connectivity index (χ3v) is 4.46. The van der Waals surface area contributed by atoms with Gasteiger partial charge in [-0.25, -0.2) is 0 Å². The largest absolute Gasteiger partial charge is 0.379 e. The zero-order valence-electron chi connectivity index (χ0n) is 14.5. The van der Waals surface area contributed by atoms with Crippen molar-refractivity contribution in [1.29, 1.82) is 0 Å². The quantitative estimate of drug-likeness (QED) is 0.804. The van der Waals surface area contributed by atoms with E-state index < -0.39 is 0 Å². The topological polar surface area (TPSA) is 58.6 Å². The van der Waals surface area contributed by atoms with E-state index in [4.69, 9.17) is 4.74 Å². The first-order chi connectivity index (χ1) is 12.3. The third kappa shape index (κ3) is 4.41. The summed E-state index contributed by atoms with van der Waals surface area (Å²) in [6.45, 7) is 6.05. The third-order valence-electron chi connectivity index (χ3n) is 4.46. The van der Waals surface area contributed by atoms with Crippen molar-refractivity contribution < 1.29 is 9.53 Å². The number of hydrogen-bond acceptors (Lipinski definition) is 5. The molecule has 6 heteroatoms. The average Bonchev–Trinajstić information content (AvgIpc) is 2.69. The van der Waals surface area contributed by atoms with E-state index in [0.29, 0.717) is 26.3 Å². The van der Waals surface area contributed by atoms with E-state index in [-0.39, 0.29) is 11.9 Å². The first-order valence-electron chi connectivity index (χ1n) is 8.69. The maximum Gasteiger partial charge on any atom is 0.244 e. The molecule has 6 nitrogen and oxygen atoms in total. The van der Waals surface area contributed by atoms with Crippen molar-refractivity contribution in [3.63, 3.8) is 0 Å². The lowest BCUT2D eigenvalue weighted by Crippen LogP contribution is -2.47. The van der Waals surface area contributed by atoms with Crippen LogP contribution < -0.4 is 0 Å². The van der Waals surface area contributed by atoms with E-state index in [2.05, 4.69) is 14.9 Å². The molecule has 2 aromatic rings. The summed E-state index contributed by atoms with van der Waals surface area (Å²) in [5.74, 6) is 0.106. The summed E-state index contributed by atoms with van der Waals surface area (Å²) in [5, 5.41) is 0. The monoisotopic (exact) mass is 340 g/mol. The second-order valence-corrected chi connectivity index (χ2v) is 6.05. The van der Waals surface area contributed by atoms with Gasteiger partial charge in [0.05, 0.1) is 13.2 Å². The Labute approximate surface area is 148 Å². The fraction of sp³-hybridized carbons (Fsp3) is 0.421. The zero-order valence-corrected chi connectivity index (χ0v) is 14.5. The van der Waals surface area contributed by atoms with Crippen molar-refractivity contribution in [2.24, 2.45) is 0 Å². The highest BCUT2D eigenvalue weighted by Crippen LogP contribution is 2.24. The molecule has 0 radical (unpaired) electrons. The summed E-state index contributed by atoms with van der Waals surface area (Å²) in [6, 6.07) is 7.44. The van der Waals surface area contributed by atoms with Crippen molar-refractivity contribution in [3.8, 4) is 0 Å². The molecule has 1 saturated heterocycles. The molecule has 0 unspecified atom stereocenters. The standard InChI is InChI=1S/C19H24N4O2/c1-2-22(15-16-5-8-20-9-6-16)19(24)18(17-4-3-7-21-14-17)23-10-12-25-13-11-23/h3-9,14,18H,2,10-13,15H2,1H3/t18-/m1/s1. The predicted molar refractivity (Wildman–Crippen MR) is 94.7 cm³/mol. The van der Waals surface area contributed by atoms with Crippen molar-refractivity contribution in [2.45, 2.75) is 19.5 Å². The lowest BCUT2D eigenvalue weighted by molar-refractivity contribution is -0.139. The predicted octanol–water partition coefficient (Wildman–Crippen LogP) is 1.90. The van der Waals surface area contributed by atoms with Crippen LogP contribution in [0.25, 0.3) is 0 Å². The molecule has 3 heterocycles. The van der Waals surface area contributed by atoms with Crippen LogP contribution in [0.2, 0.25) is 0 Å². The van der Waals surface area contributed by atoms with Gasteiger partial charge in [-0.1, -0.05) is 6.07 Å². The molecule has 3 rings (SSSR count). The molecular weight excluding hydrogens is 316 g/mol. The molecular formula is C19H24N4O2. The van der Waals surface area contributed by atoms with Crippen LogP contribution in [0.4, 0.5) is 0 Å². The molecule has 0 bridgehead atoms. The van der Waals surface area contributed by atoms with Crippen molar-refractivity contribution >= 4 is 5.91 Å². The van der Waals surface area contributed by atoms with Gasteiger partial charge in [-0.2, -0.15) is 0 Å². The second kappa shape index (κ2) is 8.69. The van der Waals surface area contributed by atoms with Gasteiger partial charge in [0.2, 0.25) is 5.91 Å². The molecule has 1 atom stereocenters. The molecule has 1 amide bonds. The summed E-state index contributed by atoms with van der Waals surface area (Å²) >= 11 is 0. The van der Waals surface area contributed by atoms with Gasteiger partial charge >= 0.3 is 0 Å². The molecule has 132 valence electrons. The first-order valence-corrected chi connectivity index (χ1v) is 8.69. The molecule has 0 saturated carbocycles. The van der Waals surface area contributed by atoms with E-state index in [1.54, 1.807) is 24.8 Å². The lowest BCUT2D eigenvalue weighted by Gasteiger charge is -2.36. The van der Waals surface area contributed by atoms with Crippen LogP contribution in [0, 0.1) is 0 Å². The molecule has 1 aliphatic rings. The summed E-state index contributed by atoms with van der Waals surface area (Å²) in [5.41, 5.74) is 2.01. The maximum absolute atomic E-state index is 13.4. The van der Waals surface area contributed by atoms with Crippen LogP contribution in [0.3, 0.4) is 0 Å². The Hall–Kier alpha value is -2.31. The van der Waals surface area contributed by atoms with Gasteiger partial charge in [0.1, 0.15) is 6.04 Å². The summed E-state index contributed by atoms with van der Waals surface area (Å²) < 4.78 is 5.46. The smallest absolute Gasteiger partial charge is 0.244 e. The van der Waals surface area contributed by atoms with Crippen LogP contribution in [-0.4, -0.2) is 58.5 Å². The van der Waals surface area contributed by atoms with Crippen LogP contribution in [0.5, 0.6) is 0 Å². The van der Waals surface area contributed by atoms with Crippen molar-refractivity contribution in [2.75, 3.05) is 32.8 Å². The van der Waals surface area contributed by atoms with Gasteiger partial charge in [-0.15, -0.1) is 0 Å². The molecule has 0 N–H and O–H groups in total. The summed E-state index contributed by atoms with van der Waals surface area (Å²) in [7, 11) is 0. The number of ether oxygens (including phenoxy) is 1. The normalized spacial score (nSPS) is 16.4. The Kier molecular flexibility index (Phi) is 6.09. The van der Waals surface area contributed by atoms with E-state index in [1.165, 1.54) is 0 Å². The van der Waals surface area contributed by atoms with Crippen LogP contribution in [0.15, 0.2) is 49.1 Å². The molecule has 0 aliphatic carbocycles. The van der Waals surface area contributed by atoms with E-state index in [0.717, 1.165) is 24.2 Å². The van der Waals surface area contributed by atoms with E-state index >= 15 is 0 Å². The minimum atomic E-state index is -0.320. The number of rotatable bonds is 6. The Balaban J connectivity index is 1.84. The molecule has 1 fully saturated rings. The van der Waals surface area contributed by atoms with E-state index in [9.17, 15) is 4.79 Å². The van der Waals surface area contributed by atoms with Gasteiger partial charge in [0, 0.05) is 51.0 Å². The fourth-order valence-electron chi connectivity index (χ4n) is 3.11. The van der Waals surface area contributed by atoms with Crippen molar-refractivity contribution in [3.05, 3.63) is 60.2 Å². The highest BCUT2D eigenvalue weighted by atomic mass is 16.5. The fourth-order valence-corrected chi connectivity index (χ4v) is 3.11. The highest BCUT2D eigenvalue weighted by Gasteiger charge is 2.32. The number of nitrogens with zero attached hydrogens (tertiary/aromatic N) is 4.